The Morgan fingerprint density at radius 2 is 1.74 bits per heavy atom. The Kier molecular flexibility index (Phi) is 5.65. The van der Waals surface area contributed by atoms with Crippen LogP contribution in [-0.4, -0.2) is 50.0 Å². The van der Waals surface area contributed by atoms with Crippen molar-refractivity contribution >= 4 is 34.8 Å². The summed E-state index contributed by atoms with van der Waals surface area (Å²) in [6.45, 7) is 0.590. The van der Waals surface area contributed by atoms with E-state index in [1.807, 2.05) is 43.3 Å². The van der Waals surface area contributed by atoms with Gasteiger partial charge in [-0.2, -0.15) is 0 Å². The van der Waals surface area contributed by atoms with Crippen LogP contribution in [0.25, 0.3) is 0 Å². The van der Waals surface area contributed by atoms with Crippen molar-refractivity contribution in [3.05, 3.63) is 53.1 Å². The molecule has 2 heterocycles. The van der Waals surface area contributed by atoms with Crippen molar-refractivity contribution in [3.8, 4) is 0 Å². The zero-order chi connectivity index (χ0) is 22.1. The number of hydrogen-bond donors (Lipinski definition) is 3. The summed E-state index contributed by atoms with van der Waals surface area (Å²) in [5, 5.41) is 15.4. The topological polar surface area (TPSA) is 102 Å². The highest BCUT2D eigenvalue weighted by atomic mass is 16.3. The van der Waals surface area contributed by atoms with Gasteiger partial charge in [0.1, 0.15) is 0 Å². The highest BCUT2D eigenvalue weighted by Crippen LogP contribution is 2.38. The van der Waals surface area contributed by atoms with Gasteiger partial charge < -0.3 is 25.5 Å². The summed E-state index contributed by atoms with van der Waals surface area (Å²) in [5.41, 5.74) is 5.19. The quantitative estimate of drug-likeness (QED) is 0.632. The molecule has 4 rings (SSSR count). The van der Waals surface area contributed by atoms with Gasteiger partial charge in [-0.05, 0) is 53.8 Å². The Hall–Kier alpha value is -3.39. The number of benzene rings is 2. The molecule has 8 heteroatoms. The van der Waals surface area contributed by atoms with Crippen LogP contribution in [0.3, 0.4) is 0 Å². The van der Waals surface area contributed by atoms with Crippen molar-refractivity contribution in [1.82, 2.24) is 5.32 Å². The van der Waals surface area contributed by atoms with Crippen LogP contribution in [0.5, 0.6) is 0 Å². The molecule has 8 nitrogen and oxygen atoms in total. The largest absolute Gasteiger partial charge is 0.387 e. The molecule has 2 aromatic rings. The smallest absolute Gasteiger partial charge is 0.313 e. The lowest BCUT2D eigenvalue weighted by Crippen LogP contribution is -2.37. The average Bonchev–Trinajstić information content (AvgIpc) is 3.19. The van der Waals surface area contributed by atoms with E-state index in [1.165, 1.54) is 0 Å². The molecule has 0 bridgehead atoms. The predicted octanol–water partition coefficient (Wildman–Crippen LogP) is 1.38. The molecule has 0 spiro atoms. The van der Waals surface area contributed by atoms with E-state index in [9.17, 15) is 19.5 Å². The van der Waals surface area contributed by atoms with E-state index < -0.39 is 17.9 Å². The number of hydrogen-bond acceptors (Lipinski definition) is 5. The normalized spacial score (nSPS) is 15.3. The number of aliphatic hydroxyl groups excluding tert-OH is 1. The molecule has 1 atom stereocenters. The standard InChI is InChI=1S/C23H26N4O4/c1-26(2)18-6-3-14(4-7-18)19(28)13-24-22(30)23(31)25-17-11-15-5-8-20(29)27-10-9-16(12-17)21(15)27/h3-4,6-7,11-12,19,28H,5,8-10,13H2,1-2H3,(H,24,30)(H,25,31). The molecule has 3 amide bonds. The Bertz CT molecular complexity index is 1030. The summed E-state index contributed by atoms with van der Waals surface area (Å²) in [6, 6.07) is 11.0. The third kappa shape index (κ3) is 4.25. The maximum Gasteiger partial charge on any atom is 0.313 e. The second kappa shape index (κ2) is 8.39. The predicted molar refractivity (Wildman–Crippen MR) is 118 cm³/mol. The van der Waals surface area contributed by atoms with Gasteiger partial charge in [-0.25, -0.2) is 0 Å². The number of carbonyl (C=O) groups is 3. The van der Waals surface area contributed by atoms with Crippen LogP contribution < -0.4 is 20.4 Å². The third-order valence-corrected chi connectivity index (χ3v) is 5.77. The van der Waals surface area contributed by atoms with Crippen molar-refractivity contribution in [1.29, 1.82) is 0 Å². The molecule has 0 saturated carbocycles. The van der Waals surface area contributed by atoms with Crippen molar-refractivity contribution in [2.45, 2.75) is 25.4 Å². The molecule has 2 aliphatic heterocycles. The molecule has 0 fully saturated rings. The number of aryl methyl sites for hydroxylation is 1. The zero-order valence-electron chi connectivity index (χ0n) is 17.6. The van der Waals surface area contributed by atoms with E-state index in [4.69, 9.17) is 0 Å². The summed E-state index contributed by atoms with van der Waals surface area (Å²) in [7, 11) is 3.85. The van der Waals surface area contributed by atoms with Gasteiger partial charge in [0, 0.05) is 45.0 Å². The number of aliphatic hydroxyl groups is 1. The van der Waals surface area contributed by atoms with Gasteiger partial charge in [0.15, 0.2) is 0 Å². The van der Waals surface area contributed by atoms with E-state index in [-0.39, 0.29) is 12.5 Å². The number of nitrogens with zero attached hydrogens (tertiary/aromatic N) is 2. The fourth-order valence-electron chi connectivity index (χ4n) is 4.10. The first-order valence-electron chi connectivity index (χ1n) is 10.3. The van der Waals surface area contributed by atoms with Crippen LogP contribution in [0.15, 0.2) is 36.4 Å². The maximum absolute atomic E-state index is 12.3. The summed E-state index contributed by atoms with van der Waals surface area (Å²) >= 11 is 0. The van der Waals surface area contributed by atoms with E-state index in [2.05, 4.69) is 10.6 Å². The van der Waals surface area contributed by atoms with Gasteiger partial charge in [-0.3, -0.25) is 14.4 Å². The summed E-state index contributed by atoms with van der Waals surface area (Å²) in [4.78, 5) is 40.3. The van der Waals surface area contributed by atoms with Gasteiger partial charge >= 0.3 is 11.8 Å². The molecule has 162 valence electrons. The van der Waals surface area contributed by atoms with Crippen molar-refractivity contribution in [2.24, 2.45) is 0 Å². The second-order valence-corrected chi connectivity index (χ2v) is 8.10. The van der Waals surface area contributed by atoms with E-state index in [1.54, 1.807) is 17.0 Å². The first kappa shape index (κ1) is 20.9. The van der Waals surface area contributed by atoms with Gasteiger partial charge in [0.25, 0.3) is 0 Å². The van der Waals surface area contributed by atoms with Crippen molar-refractivity contribution in [3.63, 3.8) is 0 Å². The Balaban J connectivity index is 1.35. The van der Waals surface area contributed by atoms with E-state index in [0.29, 0.717) is 30.6 Å². The molecule has 3 N–H and O–H groups in total. The number of carbonyl (C=O) groups excluding carboxylic acids is 3. The Labute approximate surface area is 180 Å². The summed E-state index contributed by atoms with van der Waals surface area (Å²) in [5.74, 6) is -1.46. The van der Waals surface area contributed by atoms with E-state index in [0.717, 1.165) is 28.9 Å². The van der Waals surface area contributed by atoms with Crippen molar-refractivity contribution in [2.75, 3.05) is 42.3 Å². The lowest BCUT2D eigenvalue weighted by atomic mass is 9.98. The minimum Gasteiger partial charge on any atom is -0.387 e. The van der Waals surface area contributed by atoms with Crippen molar-refractivity contribution < 1.29 is 19.5 Å². The fraction of sp³-hybridized carbons (Fsp3) is 0.348. The zero-order valence-corrected chi connectivity index (χ0v) is 17.6. The molecule has 0 saturated heterocycles. The van der Waals surface area contributed by atoms with Gasteiger partial charge in [0.2, 0.25) is 5.91 Å². The minimum atomic E-state index is -0.916. The Morgan fingerprint density at radius 3 is 2.42 bits per heavy atom. The van der Waals surface area contributed by atoms with Gasteiger partial charge in [-0.15, -0.1) is 0 Å². The number of nitrogens with one attached hydrogen (secondary N) is 2. The molecule has 0 aromatic heterocycles. The van der Waals surface area contributed by atoms with Crippen LogP contribution >= 0.6 is 0 Å². The average molecular weight is 422 g/mol. The van der Waals surface area contributed by atoms with Crippen LogP contribution in [0, 0.1) is 0 Å². The summed E-state index contributed by atoms with van der Waals surface area (Å²) in [6.07, 6.45) is 0.910. The monoisotopic (exact) mass is 422 g/mol. The summed E-state index contributed by atoms with van der Waals surface area (Å²) < 4.78 is 0. The third-order valence-electron chi connectivity index (χ3n) is 5.77. The molecule has 1 unspecified atom stereocenters. The highest BCUT2D eigenvalue weighted by molar-refractivity contribution is 6.39. The maximum atomic E-state index is 12.3. The van der Waals surface area contributed by atoms with E-state index >= 15 is 0 Å². The highest BCUT2D eigenvalue weighted by Gasteiger charge is 2.31. The molecule has 2 aromatic carbocycles. The van der Waals surface area contributed by atoms with Gasteiger partial charge in [-0.1, -0.05) is 12.1 Å². The molecule has 31 heavy (non-hydrogen) atoms. The van der Waals surface area contributed by atoms with Crippen LogP contribution in [-0.2, 0) is 27.2 Å². The lowest BCUT2D eigenvalue weighted by Gasteiger charge is -2.25. The number of amides is 3. The second-order valence-electron chi connectivity index (χ2n) is 8.10. The lowest BCUT2D eigenvalue weighted by molar-refractivity contribution is -0.136. The van der Waals surface area contributed by atoms with Gasteiger partial charge in [0.05, 0.1) is 11.8 Å². The number of anilines is 3. The molecule has 0 aliphatic carbocycles. The molecule has 2 aliphatic rings. The number of rotatable bonds is 5. The van der Waals surface area contributed by atoms with Crippen LogP contribution in [0.4, 0.5) is 17.1 Å². The molecular formula is C23H26N4O4. The fourth-order valence-corrected chi connectivity index (χ4v) is 4.10. The van der Waals surface area contributed by atoms with Crippen LogP contribution in [0.1, 0.15) is 29.2 Å². The first-order valence-corrected chi connectivity index (χ1v) is 10.3. The van der Waals surface area contributed by atoms with Crippen LogP contribution in [0.2, 0.25) is 0 Å². The SMILES string of the molecule is CN(C)c1ccc(C(O)CNC(=O)C(=O)Nc2cc3c4c(c2)CCN4C(=O)CC3)cc1. The first-order chi connectivity index (χ1) is 14.8. The molecular weight excluding hydrogens is 396 g/mol. The Morgan fingerprint density at radius 1 is 1.06 bits per heavy atom. The minimum absolute atomic E-state index is 0.0694. The molecule has 0 radical (unpaired) electrons.